The number of hydrazone groups is 1. The van der Waals surface area contributed by atoms with Crippen molar-refractivity contribution in [2.24, 2.45) is 5.10 Å². The summed E-state index contributed by atoms with van der Waals surface area (Å²) in [6.07, 6.45) is 2.06. The van der Waals surface area contributed by atoms with Crippen LogP contribution in [0.1, 0.15) is 49.4 Å². The summed E-state index contributed by atoms with van der Waals surface area (Å²) in [5.74, 6) is 1.43. The van der Waals surface area contributed by atoms with Crippen molar-refractivity contribution in [3.8, 4) is 11.5 Å². The average Bonchev–Trinajstić information content (AvgIpc) is 3.17. The maximum atomic E-state index is 12.5. The van der Waals surface area contributed by atoms with Crippen molar-refractivity contribution in [3.05, 3.63) is 59.2 Å². The fourth-order valence-corrected chi connectivity index (χ4v) is 3.34. The standard InChI is InChI=1S/C22H26N2O3/c1-5-15-7-9-16(10-8-15)20-14-19(23-24(20)22(25)6-2)18-12-11-17(26-3)13-21(18)27-4/h7-13,20H,5-6,14H2,1-4H3/t20-/m1/s1. The van der Waals surface area contributed by atoms with Crippen molar-refractivity contribution >= 4 is 11.6 Å². The van der Waals surface area contributed by atoms with Gasteiger partial charge in [-0.2, -0.15) is 5.10 Å². The minimum Gasteiger partial charge on any atom is -0.497 e. The number of carbonyl (C=O) groups excluding carboxylic acids is 1. The highest BCUT2D eigenvalue weighted by molar-refractivity contribution is 6.05. The summed E-state index contributed by atoms with van der Waals surface area (Å²) in [6.45, 7) is 4.00. The van der Waals surface area contributed by atoms with Gasteiger partial charge in [0.15, 0.2) is 0 Å². The Kier molecular flexibility index (Phi) is 5.79. The topological polar surface area (TPSA) is 51.1 Å². The van der Waals surface area contributed by atoms with Crippen LogP contribution in [0.5, 0.6) is 11.5 Å². The van der Waals surface area contributed by atoms with Crippen LogP contribution < -0.4 is 9.47 Å². The zero-order valence-corrected chi connectivity index (χ0v) is 16.4. The van der Waals surface area contributed by atoms with Gasteiger partial charge in [0.2, 0.25) is 5.91 Å². The summed E-state index contributed by atoms with van der Waals surface area (Å²) < 4.78 is 10.8. The SMILES string of the molecule is CCC(=O)N1N=C(c2ccc(OC)cc2OC)C[C@@H]1c1ccc(CC)cc1. The van der Waals surface area contributed by atoms with Crippen LogP contribution in [0, 0.1) is 0 Å². The van der Waals surface area contributed by atoms with Gasteiger partial charge in [-0.3, -0.25) is 4.79 Å². The maximum Gasteiger partial charge on any atom is 0.242 e. The second-order valence-corrected chi connectivity index (χ2v) is 6.52. The van der Waals surface area contributed by atoms with Crippen LogP contribution in [-0.4, -0.2) is 30.8 Å². The molecule has 5 heteroatoms. The number of rotatable bonds is 6. The van der Waals surface area contributed by atoms with Gasteiger partial charge in [0, 0.05) is 24.5 Å². The van der Waals surface area contributed by atoms with Gasteiger partial charge in [-0.15, -0.1) is 0 Å². The molecule has 0 radical (unpaired) electrons. The largest absolute Gasteiger partial charge is 0.497 e. The molecule has 0 fully saturated rings. The number of hydrogen-bond donors (Lipinski definition) is 0. The molecule has 1 amide bonds. The van der Waals surface area contributed by atoms with E-state index >= 15 is 0 Å². The molecule has 0 N–H and O–H groups in total. The first kappa shape index (κ1) is 19.0. The number of aryl methyl sites for hydroxylation is 1. The average molecular weight is 366 g/mol. The number of nitrogens with zero attached hydrogens (tertiary/aromatic N) is 2. The Morgan fingerprint density at radius 1 is 1.11 bits per heavy atom. The quantitative estimate of drug-likeness (QED) is 0.763. The van der Waals surface area contributed by atoms with Crippen molar-refractivity contribution in [1.82, 2.24) is 5.01 Å². The highest BCUT2D eigenvalue weighted by Gasteiger charge is 2.33. The Morgan fingerprint density at radius 3 is 2.44 bits per heavy atom. The van der Waals surface area contributed by atoms with E-state index in [0.717, 1.165) is 29.0 Å². The predicted octanol–water partition coefficient (Wildman–Crippen LogP) is 4.35. The molecule has 1 atom stereocenters. The van der Waals surface area contributed by atoms with Crippen LogP contribution in [0.25, 0.3) is 0 Å². The maximum absolute atomic E-state index is 12.5. The number of amides is 1. The van der Waals surface area contributed by atoms with E-state index in [1.165, 1.54) is 5.56 Å². The van der Waals surface area contributed by atoms with Gasteiger partial charge in [0.1, 0.15) is 11.5 Å². The van der Waals surface area contributed by atoms with Gasteiger partial charge < -0.3 is 9.47 Å². The lowest BCUT2D eigenvalue weighted by Gasteiger charge is -2.21. The lowest BCUT2D eigenvalue weighted by atomic mass is 9.96. The summed E-state index contributed by atoms with van der Waals surface area (Å²) in [5, 5.41) is 6.30. The summed E-state index contributed by atoms with van der Waals surface area (Å²) in [4.78, 5) is 12.5. The Morgan fingerprint density at radius 2 is 1.85 bits per heavy atom. The molecule has 0 unspecified atom stereocenters. The minimum absolute atomic E-state index is 0.0158. The number of methoxy groups -OCH3 is 2. The minimum atomic E-state index is -0.0924. The van der Waals surface area contributed by atoms with E-state index in [1.54, 1.807) is 19.2 Å². The molecule has 2 aromatic rings. The van der Waals surface area contributed by atoms with Crippen LogP contribution in [-0.2, 0) is 11.2 Å². The van der Waals surface area contributed by atoms with E-state index in [1.807, 2.05) is 25.1 Å². The third kappa shape index (κ3) is 3.82. The summed E-state index contributed by atoms with van der Waals surface area (Å²) in [7, 11) is 3.25. The number of carbonyl (C=O) groups is 1. The molecule has 3 rings (SSSR count). The van der Waals surface area contributed by atoms with E-state index in [2.05, 4.69) is 36.3 Å². The van der Waals surface area contributed by atoms with Gasteiger partial charge in [0.05, 0.1) is 26.0 Å². The Bertz CT molecular complexity index is 843. The van der Waals surface area contributed by atoms with Crippen LogP contribution >= 0.6 is 0 Å². The number of hydrogen-bond acceptors (Lipinski definition) is 4. The van der Waals surface area contributed by atoms with E-state index in [9.17, 15) is 4.79 Å². The molecule has 5 nitrogen and oxygen atoms in total. The number of ether oxygens (including phenoxy) is 2. The van der Waals surface area contributed by atoms with Crippen molar-refractivity contribution in [2.45, 2.75) is 39.2 Å². The fraction of sp³-hybridized carbons (Fsp3) is 0.364. The Hall–Kier alpha value is -2.82. The third-order valence-corrected chi connectivity index (χ3v) is 4.96. The molecule has 0 aromatic heterocycles. The summed E-state index contributed by atoms with van der Waals surface area (Å²) in [6, 6.07) is 14.0. The van der Waals surface area contributed by atoms with Crippen LogP contribution in [0.4, 0.5) is 0 Å². The first-order valence-electron chi connectivity index (χ1n) is 9.32. The van der Waals surface area contributed by atoms with Crippen LogP contribution in [0.15, 0.2) is 47.6 Å². The molecule has 27 heavy (non-hydrogen) atoms. The summed E-state index contributed by atoms with van der Waals surface area (Å²) in [5.41, 5.74) is 4.11. The van der Waals surface area contributed by atoms with Crippen LogP contribution in [0.3, 0.4) is 0 Å². The van der Waals surface area contributed by atoms with Crippen molar-refractivity contribution < 1.29 is 14.3 Å². The molecule has 0 saturated heterocycles. The van der Waals surface area contributed by atoms with Crippen molar-refractivity contribution in [3.63, 3.8) is 0 Å². The van der Waals surface area contributed by atoms with Crippen LogP contribution in [0.2, 0.25) is 0 Å². The van der Waals surface area contributed by atoms with Crippen molar-refractivity contribution in [2.75, 3.05) is 14.2 Å². The van der Waals surface area contributed by atoms with Gasteiger partial charge in [-0.05, 0) is 29.7 Å². The summed E-state index contributed by atoms with van der Waals surface area (Å²) >= 11 is 0. The molecule has 0 aliphatic carbocycles. The Labute approximate surface area is 160 Å². The van der Waals surface area contributed by atoms with Gasteiger partial charge in [-0.1, -0.05) is 38.1 Å². The Balaban J connectivity index is 1.97. The van der Waals surface area contributed by atoms with E-state index in [-0.39, 0.29) is 11.9 Å². The normalized spacial score (nSPS) is 16.2. The monoisotopic (exact) mass is 366 g/mol. The first-order valence-corrected chi connectivity index (χ1v) is 9.32. The second kappa shape index (κ2) is 8.25. The van der Waals surface area contributed by atoms with Gasteiger partial charge in [0.25, 0.3) is 0 Å². The molecule has 2 aromatic carbocycles. The van der Waals surface area contributed by atoms with Crippen molar-refractivity contribution in [1.29, 1.82) is 0 Å². The zero-order valence-electron chi connectivity index (χ0n) is 16.4. The van der Waals surface area contributed by atoms with E-state index in [0.29, 0.717) is 18.6 Å². The molecule has 142 valence electrons. The smallest absolute Gasteiger partial charge is 0.242 e. The molecule has 0 spiro atoms. The molecule has 1 aliphatic heterocycles. The molecular formula is C22H26N2O3. The first-order chi connectivity index (χ1) is 13.1. The lowest BCUT2D eigenvalue weighted by molar-refractivity contribution is -0.132. The highest BCUT2D eigenvalue weighted by Crippen LogP contribution is 2.36. The predicted molar refractivity (Wildman–Crippen MR) is 106 cm³/mol. The number of benzene rings is 2. The van der Waals surface area contributed by atoms with Gasteiger partial charge in [-0.25, -0.2) is 5.01 Å². The highest BCUT2D eigenvalue weighted by atomic mass is 16.5. The lowest BCUT2D eigenvalue weighted by Crippen LogP contribution is -2.26. The molecule has 1 heterocycles. The molecule has 1 aliphatic rings. The third-order valence-electron chi connectivity index (χ3n) is 4.96. The van der Waals surface area contributed by atoms with Gasteiger partial charge >= 0.3 is 0 Å². The molecule has 0 bridgehead atoms. The zero-order chi connectivity index (χ0) is 19.4. The van der Waals surface area contributed by atoms with E-state index in [4.69, 9.17) is 9.47 Å². The molecule has 0 saturated carbocycles. The van der Waals surface area contributed by atoms with E-state index < -0.39 is 0 Å². The fourth-order valence-electron chi connectivity index (χ4n) is 3.34. The second-order valence-electron chi connectivity index (χ2n) is 6.52. The molecular weight excluding hydrogens is 340 g/mol.